The third kappa shape index (κ3) is 4.17. The Morgan fingerprint density at radius 3 is 2.44 bits per heavy atom. The summed E-state index contributed by atoms with van der Waals surface area (Å²) in [5.41, 5.74) is 1.05. The van der Waals surface area contributed by atoms with Crippen LogP contribution in [0.2, 0.25) is 10.0 Å². The van der Waals surface area contributed by atoms with Crippen molar-refractivity contribution in [1.29, 1.82) is 0 Å². The summed E-state index contributed by atoms with van der Waals surface area (Å²) in [6.07, 6.45) is 4.13. The predicted molar refractivity (Wildman–Crippen MR) is 76.0 cm³/mol. The van der Waals surface area contributed by atoms with E-state index in [0.29, 0.717) is 6.04 Å². The fourth-order valence-corrected chi connectivity index (χ4v) is 2.65. The molecule has 1 rings (SSSR count). The summed E-state index contributed by atoms with van der Waals surface area (Å²) in [6, 6.07) is 6.10. The van der Waals surface area contributed by atoms with Gasteiger partial charge in [0.05, 0.1) is 0 Å². The van der Waals surface area contributed by atoms with Crippen LogP contribution in [0.25, 0.3) is 0 Å². The van der Waals surface area contributed by atoms with Crippen molar-refractivity contribution in [2.75, 3.05) is 19.1 Å². The minimum atomic E-state index is 0.435. The van der Waals surface area contributed by atoms with Crippen LogP contribution in [0.4, 0.5) is 0 Å². The van der Waals surface area contributed by atoms with Gasteiger partial charge in [-0.3, -0.25) is 0 Å². The molecule has 4 heteroatoms. The van der Waals surface area contributed by atoms with Gasteiger partial charge in [0, 0.05) is 16.1 Å². The molecule has 1 aromatic rings. The molecule has 1 aromatic carbocycles. The third-order valence-corrected chi connectivity index (χ3v) is 3.94. The second-order valence-corrected chi connectivity index (χ2v) is 5.47. The van der Waals surface area contributed by atoms with E-state index in [2.05, 4.69) is 11.6 Å². The molecule has 0 aliphatic rings. The number of benzene rings is 1. The smallest absolute Gasteiger partial charge is 0.0453 e. The van der Waals surface area contributed by atoms with Gasteiger partial charge in [-0.2, -0.15) is 11.8 Å². The topological polar surface area (TPSA) is 12.0 Å². The zero-order valence-corrected chi connectivity index (χ0v) is 11.9. The zero-order chi connectivity index (χ0) is 12.0. The van der Waals surface area contributed by atoms with E-state index in [-0.39, 0.29) is 0 Å². The van der Waals surface area contributed by atoms with Gasteiger partial charge in [-0.25, -0.2) is 0 Å². The second-order valence-electron chi connectivity index (χ2n) is 3.67. The Kier molecular flexibility index (Phi) is 6.59. The van der Waals surface area contributed by atoms with Crippen molar-refractivity contribution in [1.82, 2.24) is 5.32 Å². The number of likely N-dealkylation sites (N-methyl/N-ethyl adjacent to an activating group) is 1. The first-order valence-corrected chi connectivity index (χ1v) is 7.43. The highest BCUT2D eigenvalue weighted by atomic mass is 35.5. The van der Waals surface area contributed by atoms with Crippen molar-refractivity contribution in [3.05, 3.63) is 33.8 Å². The standard InChI is InChI=1S/C12H17Cl2NS/c1-15-9(6-7-16-2)8-10-11(13)4-3-5-12(10)14/h3-5,9,15H,6-8H2,1-2H3. The van der Waals surface area contributed by atoms with Crippen molar-refractivity contribution >= 4 is 35.0 Å². The minimum Gasteiger partial charge on any atom is -0.317 e. The highest BCUT2D eigenvalue weighted by molar-refractivity contribution is 7.98. The molecule has 16 heavy (non-hydrogen) atoms. The van der Waals surface area contributed by atoms with E-state index in [1.807, 2.05) is 37.0 Å². The lowest BCUT2D eigenvalue weighted by Gasteiger charge is -2.17. The Hall–Kier alpha value is 0.110. The molecule has 0 saturated heterocycles. The number of nitrogens with one attached hydrogen (secondary N) is 1. The molecule has 90 valence electrons. The molecule has 1 nitrogen and oxygen atoms in total. The van der Waals surface area contributed by atoms with Crippen LogP contribution in [0.3, 0.4) is 0 Å². The lowest BCUT2D eigenvalue weighted by Crippen LogP contribution is -2.28. The van der Waals surface area contributed by atoms with E-state index in [4.69, 9.17) is 23.2 Å². The summed E-state index contributed by atoms with van der Waals surface area (Å²) in [4.78, 5) is 0. The lowest BCUT2D eigenvalue weighted by molar-refractivity contribution is 0.547. The molecule has 0 spiro atoms. The number of hydrogen-bond donors (Lipinski definition) is 1. The molecule has 0 amide bonds. The Bertz CT molecular complexity index is 311. The van der Waals surface area contributed by atoms with E-state index in [1.54, 1.807) is 0 Å². The largest absolute Gasteiger partial charge is 0.317 e. The van der Waals surface area contributed by atoms with Gasteiger partial charge in [0.1, 0.15) is 0 Å². The summed E-state index contributed by atoms with van der Waals surface area (Å²) in [5, 5.41) is 4.83. The predicted octanol–water partition coefficient (Wildman–Crippen LogP) is 3.88. The molecule has 1 N–H and O–H groups in total. The molecule has 0 aliphatic heterocycles. The van der Waals surface area contributed by atoms with Crippen molar-refractivity contribution in [3.8, 4) is 0 Å². The van der Waals surface area contributed by atoms with E-state index in [9.17, 15) is 0 Å². The summed E-state index contributed by atoms with van der Waals surface area (Å²) in [6.45, 7) is 0. The van der Waals surface area contributed by atoms with Crippen molar-refractivity contribution in [3.63, 3.8) is 0 Å². The highest BCUT2D eigenvalue weighted by Gasteiger charge is 2.12. The summed E-state index contributed by atoms with van der Waals surface area (Å²) in [7, 11) is 1.98. The molecule has 1 atom stereocenters. The Balaban J connectivity index is 2.69. The average molecular weight is 278 g/mol. The van der Waals surface area contributed by atoms with Gasteiger partial charge >= 0.3 is 0 Å². The van der Waals surface area contributed by atoms with Crippen LogP contribution in [0.5, 0.6) is 0 Å². The van der Waals surface area contributed by atoms with E-state index >= 15 is 0 Å². The van der Waals surface area contributed by atoms with Crippen LogP contribution in [0, 0.1) is 0 Å². The third-order valence-electron chi connectivity index (χ3n) is 2.59. The molecule has 0 heterocycles. The van der Waals surface area contributed by atoms with Gasteiger partial charge in [0.15, 0.2) is 0 Å². The molecule has 1 unspecified atom stereocenters. The lowest BCUT2D eigenvalue weighted by atomic mass is 10.0. The van der Waals surface area contributed by atoms with E-state index in [0.717, 1.165) is 34.2 Å². The monoisotopic (exact) mass is 277 g/mol. The number of halogens is 2. The number of hydrogen-bond acceptors (Lipinski definition) is 2. The minimum absolute atomic E-state index is 0.435. The fourth-order valence-electron chi connectivity index (χ4n) is 1.58. The SMILES string of the molecule is CNC(CCSC)Cc1c(Cl)cccc1Cl. The van der Waals surface area contributed by atoms with Crippen LogP contribution in [-0.2, 0) is 6.42 Å². The highest BCUT2D eigenvalue weighted by Crippen LogP contribution is 2.26. The summed E-state index contributed by atoms with van der Waals surface area (Å²) < 4.78 is 0. The van der Waals surface area contributed by atoms with Crippen LogP contribution in [-0.4, -0.2) is 25.1 Å². The molecule has 0 aliphatic carbocycles. The quantitative estimate of drug-likeness (QED) is 0.847. The van der Waals surface area contributed by atoms with Crippen LogP contribution >= 0.6 is 35.0 Å². The van der Waals surface area contributed by atoms with Crippen molar-refractivity contribution in [2.45, 2.75) is 18.9 Å². The molecule has 0 bridgehead atoms. The fraction of sp³-hybridized carbons (Fsp3) is 0.500. The average Bonchev–Trinajstić information content (AvgIpc) is 2.28. The van der Waals surface area contributed by atoms with Gasteiger partial charge < -0.3 is 5.32 Å². The van der Waals surface area contributed by atoms with E-state index < -0.39 is 0 Å². The number of rotatable bonds is 6. The first kappa shape index (κ1) is 14.2. The van der Waals surface area contributed by atoms with Crippen molar-refractivity contribution < 1.29 is 0 Å². The van der Waals surface area contributed by atoms with Crippen LogP contribution in [0.15, 0.2) is 18.2 Å². The van der Waals surface area contributed by atoms with Gasteiger partial charge in [-0.15, -0.1) is 0 Å². The Morgan fingerprint density at radius 1 is 1.31 bits per heavy atom. The molecule has 0 saturated carbocycles. The normalized spacial score (nSPS) is 12.8. The first-order valence-electron chi connectivity index (χ1n) is 5.28. The Morgan fingerprint density at radius 2 is 1.94 bits per heavy atom. The summed E-state index contributed by atoms with van der Waals surface area (Å²) >= 11 is 14.2. The van der Waals surface area contributed by atoms with Gasteiger partial charge in [-0.1, -0.05) is 29.3 Å². The van der Waals surface area contributed by atoms with E-state index in [1.165, 1.54) is 0 Å². The number of thioether (sulfide) groups is 1. The Labute approximate surface area is 112 Å². The zero-order valence-electron chi connectivity index (χ0n) is 9.59. The maximum atomic E-state index is 6.15. The van der Waals surface area contributed by atoms with Crippen LogP contribution in [0.1, 0.15) is 12.0 Å². The molecule has 0 fully saturated rings. The molecule has 0 radical (unpaired) electrons. The molecular formula is C12H17Cl2NS. The van der Waals surface area contributed by atoms with Crippen LogP contribution < -0.4 is 5.32 Å². The van der Waals surface area contributed by atoms with Gasteiger partial charge in [-0.05, 0) is 49.6 Å². The second kappa shape index (κ2) is 7.44. The summed E-state index contributed by atoms with van der Waals surface area (Å²) in [5.74, 6) is 1.15. The molecule has 0 aromatic heterocycles. The van der Waals surface area contributed by atoms with Gasteiger partial charge in [0.2, 0.25) is 0 Å². The maximum absolute atomic E-state index is 6.15. The maximum Gasteiger partial charge on any atom is 0.0453 e. The van der Waals surface area contributed by atoms with Gasteiger partial charge in [0.25, 0.3) is 0 Å². The first-order chi connectivity index (χ1) is 7.69. The van der Waals surface area contributed by atoms with Crippen molar-refractivity contribution in [2.24, 2.45) is 0 Å². The molecular weight excluding hydrogens is 261 g/mol.